The smallest absolute Gasteiger partial charge is 0.267 e. The number of hydrogen-bond donors (Lipinski definition) is 1. The van der Waals surface area contributed by atoms with Crippen LogP contribution in [0.15, 0.2) is 30.5 Å². The highest BCUT2D eigenvalue weighted by molar-refractivity contribution is 7.13. The van der Waals surface area contributed by atoms with Crippen LogP contribution in [0.1, 0.15) is 14.7 Å². The van der Waals surface area contributed by atoms with Crippen LogP contribution in [0.5, 0.6) is 0 Å². The molecule has 0 bridgehead atoms. The van der Waals surface area contributed by atoms with Gasteiger partial charge in [-0.25, -0.2) is 4.98 Å². The molecule has 1 amide bonds. The lowest BCUT2D eigenvalue weighted by atomic mass is 10.3. The van der Waals surface area contributed by atoms with Crippen molar-refractivity contribution in [2.75, 3.05) is 5.32 Å². The Hall–Kier alpha value is -1.39. The molecular weight excluding hydrogens is 244 g/mol. The fraction of sp³-hybridized carbons (Fsp3) is 0.0909. The standard InChI is InChI=1S/C11H9ClN2OS/c1-7-13-6-10(16-7)11(15)14-9-5-3-2-4-8(9)12/h2-6H,1H3,(H,14,15). The summed E-state index contributed by atoms with van der Waals surface area (Å²) in [5.74, 6) is -0.182. The van der Waals surface area contributed by atoms with Gasteiger partial charge in [0, 0.05) is 0 Å². The van der Waals surface area contributed by atoms with Crippen LogP contribution in [0.4, 0.5) is 5.69 Å². The summed E-state index contributed by atoms with van der Waals surface area (Å²) in [6, 6.07) is 7.12. The molecule has 2 rings (SSSR count). The van der Waals surface area contributed by atoms with Crippen molar-refractivity contribution in [1.29, 1.82) is 0 Å². The summed E-state index contributed by atoms with van der Waals surface area (Å²) < 4.78 is 0. The highest BCUT2D eigenvalue weighted by atomic mass is 35.5. The van der Waals surface area contributed by atoms with Crippen LogP contribution < -0.4 is 5.32 Å². The minimum absolute atomic E-state index is 0.182. The maximum Gasteiger partial charge on any atom is 0.267 e. The summed E-state index contributed by atoms with van der Waals surface area (Å²) >= 11 is 7.29. The number of nitrogens with one attached hydrogen (secondary N) is 1. The van der Waals surface area contributed by atoms with E-state index in [1.807, 2.05) is 19.1 Å². The topological polar surface area (TPSA) is 42.0 Å². The van der Waals surface area contributed by atoms with Gasteiger partial charge in [0.1, 0.15) is 4.88 Å². The zero-order valence-electron chi connectivity index (χ0n) is 8.53. The Bertz CT molecular complexity index is 524. The van der Waals surface area contributed by atoms with Crippen molar-refractivity contribution in [2.45, 2.75) is 6.92 Å². The van der Waals surface area contributed by atoms with Crippen molar-refractivity contribution < 1.29 is 4.79 Å². The van der Waals surface area contributed by atoms with Crippen LogP contribution in [0.25, 0.3) is 0 Å². The minimum atomic E-state index is -0.182. The van der Waals surface area contributed by atoms with Crippen molar-refractivity contribution in [2.24, 2.45) is 0 Å². The molecule has 0 spiro atoms. The van der Waals surface area contributed by atoms with Gasteiger partial charge in [0.2, 0.25) is 0 Å². The number of carbonyl (C=O) groups excluding carboxylic acids is 1. The van der Waals surface area contributed by atoms with Gasteiger partial charge in [-0.2, -0.15) is 0 Å². The number of para-hydroxylation sites is 1. The first-order valence-electron chi connectivity index (χ1n) is 4.65. The van der Waals surface area contributed by atoms with Crippen molar-refractivity contribution in [3.8, 4) is 0 Å². The van der Waals surface area contributed by atoms with E-state index in [2.05, 4.69) is 10.3 Å². The molecule has 0 radical (unpaired) electrons. The first-order valence-corrected chi connectivity index (χ1v) is 5.84. The molecule has 16 heavy (non-hydrogen) atoms. The molecule has 5 heteroatoms. The Morgan fingerprint density at radius 1 is 1.44 bits per heavy atom. The fourth-order valence-corrected chi connectivity index (χ4v) is 2.07. The molecule has 0 saturated heterocycles. The van der Waals surface area contributed by atoms with E-state index in [4.69, 9.17) is 11.6 Å². The van der Waals surface area contributed by atoms with Gasteiger partial charge in [-0.05, 0) is 19.1 Å². The van der Waals surface area contributed by atoms with Gasteiger partial charge in [-0.15, -0.1) is 11.3 Å². The van der Waals surface area contributed by atoms with Gasteiger partial charge in [-0.1, -0.05) is 23.7 Å². The first-order chi connectivity index (χ1) is 7.66. The van der Waals surface area contributed by atoms with Crippen molar-refractivity contribution in [3.05, 3.63) is 45.4 Å². The van der Waals surface area contributed by atoms with E-state index in [1.54, 1.807) is 18.3 Å². The zero-order chi connectivity index (χ0) is 11.5. The molecule has 1 aromatic heterocycles. The predicted octanol–water partition coefficient (Wildman–Crippen LogP) is 3.36. The lowest BCUT2D eigenvalue weighted by Crippen LogP contribution is -2.10. The number of thiazole rings is 1. The molecule has 82 valence electrons. The number of benzene rings is 1. The Morgan fingerprint density at radius 3 is 2.81 bits per heavy atom. The molecular formula is C11H9ClN2OS. The lowest BCUT2D eigenvalue weighted by molar-refractivity contribution is 0.103. The highest BCUT2D eigenvalue weighted by Gasteiger charge is 2.10. The summed E-state index contributed by atoms with van der Waals surface area (Å²) in [6.07, 6.45) is 1.56. The summed E-state index contributed by atoms with van der Waals surface area (Å²) in [5.41, 5.74) is 0.611. The lowest BCUT2D eigenvalue weighted by Gasteiger charge is -2.04. The molecule has 0 aliphatic carbocycles. The molecule has 1 aromatic carbocycles. The second-order valence-corrected chi connectivity index (χ2v) is 4.82. The Kier molecular flexibility index (Phi) is 3.22. The second kappa shape index (κ2) is 4.63. The average molecular weight is 253 g/mol. The van der Waals surface area contributed by atoms with Crippen LogP contribution in [-0.4, -0.2) is 10.9 Å². The van der Waals surface area contributed by atoms with Crippen molar-refractivity contribution in [3.63, 3.8) is 0 Å². The molecule has 0 saturated carbocycles. The maximum atomic E-state index is 11.8. The number of hydrogen-bond acceptors (Lipinski definition) is 3. The predicted molar refractivity (Wildman–Crippen MR) is 66.3 cm³/mol. The molecule has 0 fully saturated rings. The largest absolute Gasteiger partial charge is 0.320 e. The number of aromatic nitrogens is 1. The van der Waals surface area contributed by atoms with E-state index in [0.717, 1.165) is 5.01 Å². The third-order valence-corrected chi connectivity index (χ3v) is 3.21. The Morgan fingerprint density at radius 2 is 2.19 bits per heavy atom. The molecule has 3 nitrogen and oxygen atoms in total. The van der Waals surface area contributed by atoms with Gasteiger partial charge in [0.05, 0.1) is 21.9 Å². The molecule has 2 aromatic rings. The highest BCUT2D eigenvalue weighted by Crippen LogP contribution is 2.22. The van der Waals surface area contributed by atoms with Gasteiger partial charge >= 0.3 is 0 Å². The monoisotopic (exact) mass is 252 g/mol. The van der Waals surface area contributed by atoms with Gasteiger partial charge in [0.15, 0.2) is 0 Å². The van der Waals surface area contributed by atoms with Gasteiger partial charge in [0.25, 0.3) is 5.91 Å². The summed E-state index contributed by atoms with van der Waals surface area (Å²) in [7, 11) is 0. The van der Waals surface area contributed by atoms with E-state index < -0.39 is 0 Å². The molecule has 1 N–H and O–H groups in total. The third-order valence-electron chi connectivity index (χ3n) is 1.97. The summed E-state index contributed by atoms with van der Waals surface area (Å²) in [6.45, 7) is 1.86. The fourth-order valence-electron chi connectivity index (χ4n) is 1.21. The number of anilines is 1. The number of aryl methyl sites for hydroxylation is 1. The molecule has 0 aliphatic heterocycles. The number of halogens is 1. The quantitative estimate of drug-likeness (QED) is 0.891. The van der Waals surface area contributed by atoms with E-state index in [1.165, 1.54) is 11.3 Å². The molecule has 1 heterocycles. The van der Waals surface area contributed by atoms with Crippen LogP contribution in [-0.2, 0) is 0 Å². The van der Waals surface area contributed by atoms with E-state index >= 15 is 0 Å². The van der Waals surface area contributed by atoms with Crippen molar-refractivity contribution >= 4 is 34.5 Å². The Labute approximate surface area is 102 Å². The van der Waals surface area contributed by atoms with E-state index in [0.29, 0.717) is 15.6 Å². The van der Waals surface area contributed by atoms with E-state index in [-0.39, 0.29) is 5.91 Å². The van der Waals surface area contributed by atoms with Gasteiger partial charge in [-0.3, -0.25) is 4.79 Å². The van der Waals surface area contributed by atoms with E-state index in [9.17, 15) is 4.79 Å². The maximum absolute atomic E-state index is 11.8. The molecule has 0 atom stereocenters. The Balaban J connectivity index is 2.17. The third kappa shape index (κ3) is 2.40. The molecule has 0 unspecified atom stereocenters. The average Bonchev–Trinajstić information content (AvgIpc) is 2.68. The number of rotatable bonds is 2. The second-order valence-electron chi connectivity index (χ2n) is 3.18. The van der Waals surface area contributed by atoms with Crippen LogP contribution >= 0.6 is 22.9 Å². The number of amides is 1. The zero-order valence-corrected chi connectivity index (χ0v) is 10.1. The van der Waals surface area contributed by atoms with Crippen LogP contribution in [0.3, 0.4) is 0 Å². The summed E-state index contributed by atoms with van der Waals surface area (Å²) in [4.78, 5) is 16.4. The normalized spacial score (nSPS) is 10.1. The minimum Gasteiger partial charge on any atom is -0.320 e. The first kappa shape index (κ1) is 11.1. The van der Waals surface area contributed by atoms with Crippen LogP contribution in [0, 0.1) is 6.92 Å². The van der Waals surface area contributed by atoms with Crippen molar-refractivity contribution in [1.82, 2.24) is 4.98 Å². The molecule has 0 aliphatic rings. The van der Waals surface area contributed by atoms with Crippen LogP contribution in [0.2, 0.25) is 5.02 Å². The SMILES string of the molecule is Cc1ncc(C(=O)Nc2ccccc2Cl)s1. The number of nitrogens with zero attached hydrogens (tertiary/aromatic N) is 1. The summed E-state index contributed by atoms with van der Waals surface area (Å²) in [5, 5.41) is 4.13. The number of carbonyl (C=O) groups is 1. The van der Waals surface area contributed by atoms with Gasteiger partial charge < -0.3 is 5.32 Å².